The molecule has 0 N–H and O–H groups in total. The zero-order chi connectivity index (χ0) is 9.10. The Morgan fingerprint density at radius 2 is 1.92 bits per heavy atom. The molecule has 2 aliphatic rings. The Kier molecular flexibility index (Phi) is 2.35. The van der Waals surface area contributed by atoms with Crippen LogP contribution in [0.4, 0.5) is 0 Å². The number of hydrogen-bond donors (Lipinski definition) is 0. The van der Waals surface area contributed by atoms with Crippen LogP contribution in [-0.4, -0.2) is 5.16 Å². The van der Waals surface area contributed by atoms with Crippen molar-refractivity contribution in [2.75, 3.05) is 0 Å². The standard InChI is InChI=1S/C11H9NS/c13-8-12-11-6-5-9-3-1-2-4-10(9)7-11/h1-7,9-10H. The molecule has 0 saturated heterocycles. The zero-order valence-corrected chi connectivity index (χ0v) is 7.87. The van der Waals surface area contributed by atoms with Crippen molar-refractivity contribution in [3.8, 4) is 0 Å². The molecule has 2 heteroatoms. The summed E-state index contributed by atoms with van der Waals surface area (Å²) in [5.74, 6) is 0.936. The highest BCUT2D eigenvalue weighted by molar-refractivity contribution is 7.78. The summed E-state index contributed by atoms with van der Waals surface area (Å²) in [6.07, 6.45) is 14.8. The Bertz CT molecular complexity index is 368. The van der Waals surface area contributed by atoms with E-state index in [9.17, 15) is 0 Å². The second-order valence-electron chi connectivity index (χ2n) is 3.08. The van der Waals surface area contributed by atoms with Crippen LogP contribution >= 0.6 is 12.2 Å². The summed E-state index contributed by atoms with van der Waals surface area (Å²) < 4.78 is 0. The van der Waals surface area contributed by atoms with Gasteiger partial charge in [0.05, 0.1) is 10.9 Å². The maximum Gasteiger partial charge on any atom is 0.0703 e. The van der Waals surface area contributed by atoms with Crippen LogP contribution in [0.2, 0.25) is 0 Å². The van der Waals surface area contributed by atoms with E-state index in [1.54, 1.807) is 0 Å². The Labute approximate surface area is 82.9 Å². The topological polar surface area (TPSA) is 12.4 Å². The van der Waals surface area contributed by atoms with Crippen molar-refractivity contribution in [3.63, 3.8) is 0 Å². The molecule has 0 aromatic heterocycles. The predicted molar refractivity (Wildman–Crippen MR) is 57.5 cm³/mol. The number of isothiocyanates is 1. The normalized spacial score (nSPS) is 29.1. The van der Waals surface area contributed by atoms with Gasteiger partial charge < -0.3 is 0 Å². The molecule has 0 saturated carbocycles. The molecule has 0 aromatic rings. The minimum Gasteiger partial charge on any atom is -0.195 e. The van der Waals surface area contributed by atoms with Crippen molar-refractivity contribution < 1.29 is 0 Å². The highest BCUT2D eigenvalue weighted by Crippen LogP contribution is 2.27. The highest BCUT2D eigenvalue weighted by atomic mass is 32.1. The molecule has 0 fully saturated rings. The number of fused-ring (bicyclic) bond motifs is 1. The van der Waals surface area contributed by atoms with Gasteiger partial charge in [-0.1, -0.05) is 36.5 Å². The van der Waals surface area contributed by atoms with Crippen LogP contribution in [0, 0.1) is 11.8 Å². The van der Waals surface area contributed by atoms with E-state index >= 15 is 0 Å². The van der Waals surface area contributed by atoms with Crippen LogP contribution in [0.1, 0.15) is 0 Å². The number of allylic oxidation sites excluding steroid dienone is 7. The van der Waals surface area contributed by atoms with Gasteiger partial charge in [0.1, 0.15) is 0 Å². The molecule has 2 atom stereocenters. The summed E-state index contributed by atoms with van der Waals surface area (Å²) in [5, 5.41) is 2.38. The lowest BCUT2D eigenvalue weighted by Gasteiger charge is -2.21. The van der Waals surface area contributed by atoms with E-state index in [1.807, 2.05) is 6.08 Å². The molecule has 0 amide bonds. The van der Waals surface area contributed by atoms with Crippen molar-refractivity contribution >= 4 is 17.4 Å². The molecule has 1 nitrogen and oxygen atoms in total. The Morgan fingerprint density at radius 3 is 2.69 bits per heavy atom. The van der Waals surface area contributed by atoms with Gasteiger partial charge in [-0.2, -0.15) is 4.99 Å². The smallest absolute Gasteiger partial charge is 0.0703 e. The van der Waals surface area contributed by atoms with Crippen molar-refractivity contribution in [1.82, 2.24) is 0 Å². The van der Waals surface area contributed by atoms with Gasteiger partial charge in [-0.25, -0.2) is 0 Å². The molecule has 0 spiro atoms. The van der Waals surface area contributed by atoms with Gasteiger partial charge in [0.15, 0.2) is 0 Å². The van der Waals surface area contributed by atoms with Gasteiger partial charge >= 0.3 is 0 Å². The molecule has 0 aliphatic heterocycles. The first-order valence-corrected chi connectivity index (χ1v) is 4.64. The third-order valence-corrected chi connectivity index (χ3v) is 2.34. The molecular weight excluding hydrogens is 178 g/mol. The van der Waals surface area contributed by atoms with Gasteiger partial charge in [0, 0.05) is 11.8 Å². The van der Waals surface area contributed by atoms with Crippen molar-refractivity contribution in [2.24, 2.45) is 16.8 Å². The average molecular weight is 187 g/mol. The first kappa shape index (κ1) is 8.36. The third-order valence-electron chi connectivity index (χ3n) is 2.25. The SMILES string of the molecule is S=C=NC1=CC2C=CC=CC2C=C1. The number of rotatable bonds is 1. The quantitative estimate of drug-likeness (QED) is 0.454. The van der Waals surface area contributed by atoms with Crippen molar-refractivity contribution in [2.45, 2.75) is 0 Å². The summed E-state index contributed by atoms with van der Waals surface area (Å²) in [4.78, 5) is 3.96. The summed E-state index contributed by atoms with van der Waals surface area (Å²) in [6, 6.07) is 0. The molecule has 0 bridgehead atoms. The number of hydrogen-bond acceptors (Lipinski definition) is 2. The number of thiocarbonyl (C=S) groups is 1. The Morgan fingerprint density at radius 1 is 1.15 bits per heavy atom. The average Bonchev–Trinajstić information content (AvgIpc) is 2.18. The van der Waals surface area contributed by atoms with Gasteiger partial charge in [-0.3, -0.25) is 0 Å². The lowest BCUT2D eigenvalue weighted by atomic mass is 9.84. The zero-order valence-electron chi connectivity index (χ0n) is 7.05. The van der Waals surface area contributed by atoms with E-state index in [1.165, 1.54) is 0 Å². The summed E-state index contributed by atoms with van der Waals surface area (Å²) in [5.41, 5.74) is 0.913. The van der Waals surface area contributed by atoms with Gasteiger partial charge in [0.25, 0.3) is 0 Å². The van der Waals surface area contributed by atoms with Crippen LogP contribution in [0.3, 0.4) is 0 Å². The molecule has 64 valence electrons. The van der Waals surface area contributed by atoms with Crippen molar-refractivity contribution in [1.29, 1.82) is 0 Å². The van der Waals surface area contributed by atoms with E-state index in [4.69, 9.17) is 0 Å². The van der Waals surface area contributed by atoms with E-state index in [0.717, 1.165) is 5.70 Å². The lowest BCUT2D eigenvalue weighted by molar-refractivity contribution is 0.654. The predicted octanol–water partition coefficient (Wildman–Crippen LogP) is 2.90. The minimum absolute atomic E-state index is 0.442. The van der Waals surface area contributed by atoms with E-state index < -0.39 is 0 Å². The van der Waals surface area contributed by atoms with E-state index in [0.29, 0.717) is 11.8 Å². The molecule has 0 heterocycles. The molecule has 0 radical (unpaired) electrons. The lowest BCUT2D eigenvalue weighted by Crippen LogP contribution is -2.10. The minimum atomic E-state index is 0.442. The number of aliphatic imine (C=N–C) groups is 1. The second kappa shape index (κ2) is 3.65. The largest absolute Gasteiger partial charge is 0.195 e. The summed E-state index contributed by atoms with van der Waals surface area (Å²) in [7, 11) is 0. The Hall–Kier alpha value is -1.24. The van der Waals surface area contributed by atoms with Crippen molar-refractivity contribution in [3.05, 3.63) is 48.2 Å². The monoisotopic (exact) mass is 187 g/mol. The van der Waals surface area contributed by atoms with Gasteiger partial charge in [0.2, 0.25) is 0 Å². The van der Waals surface area contributed by atoms with Crippen LogP contribution in [0.25, 0.3) is 0 Å². The molecule has 0 aromatic carbocycles. The van der Waals surface area contributed by atoms with Crippen LogP contribution in [0.15, 0.2) is 53.2 Å². The van der Waals surface area contributed by atoms with Crippen LogP contribution < -0.4 is 0 Å². The highest BCUT2D eigenvalue weighted by Gasteiger charge is 2.17. The second-order valence-corrected chi connectivity index (χ2v) is 3.26. The molecule has 13 heavy (non-hydrogen) atoms. The Balaban J connectivity index is 2.27. The molecule has 2 aliphatic carbocycles. The maximum absolute atomic E-state index is 4.56. The molecular formula is C11H9NS. The fourth-order valence-electron chi connectivity index (χ4n) is 1.59. The van der Waals surface area contributed by atoms with Crippen LogP contribution in [-0.2, 0) is 0 Å². The molecule has 2 unspecified atom stereocenters. The van der Waals surface area contributed by atoms with Gasteiger partial charge in [-0.15, -0.1) is 0 Å². The first-order chi connectivity index (χ1) is 6.40. The summed E-state index contributed by atoms with van der Waals surface area (Å²) >= 11 is 4.56. The van der Waals surface area contributed by atoms with E-state index in [2.05, 4.69) is 58.8 Å². The first-order valence-electron chi connectivity index (χ1n) is 4.23. The maximum atomic E-state index is 4.56. The number of nitrogens with zero attached hydrogens (tertiary/aromatic N) is 1. The fourth-order valence-corrected chi connectivity index (χ4v) is 1.70. The van der Waals surface area contributed by atoms with Crippen LogP contribution in [0.5, 0.6) is 0 Å². The third kappa shape index (κ3) is 1.74. The van der Waals surface area contributed by atoms with E-state index in [-0.39, 0.29) is 0 Å². The molecule has 2 rings (SSSR count). The summed E-state index contributed by atoms with van der Waals surface area (Å²) in [6.45, 7) is 0. The van der Waals surface area contributed by atoms with Gasteiger partial charge in [-0.05, 0) is 18.3 Å². The fraction of sp³-hybridized carbons (Fsp3) is 0.182.